The maximum absolute atomic E-state index is 10.7. The Bertz CT molecular complexity index is 594. The van der Waals surface area contributed by atoms with Crippen molar-refractivity contribution >= 4 is 40.5 Å². The average Bonchev–Trinajstić information content (AvgIpc) is 2.35. The summed E-state index contributed by atoms with van der Waals surface area (Å²) in [5.74, 6) is -1.14. The van der Waals surface area contributed by atoms with Crippen molar-refractivity contribution in [1.82, 2.24) is 0 Å². The monoisotopic (exact) mass is 294 g/mol. The molecule has 19 heavy (non-hydrogen) atoms. The molecule has 0 heterocycles. The first-order chi connectivity index (χ1) is 9.08. The topological polar surface area (TPSA) is 49.0 Å². The number of hydrogen-bond donors (Lipinski definition) is 1. The van der Waals surface area contributed by atoms with Crippen LogP contribution in [0, 0.1) is 0 Å². The van der Waals surface area contributed by atoms with E-state index < -0.39 is 5.97 Å². The van der Waals surface area contributed by atoms with Gasteiger partial charge in [-0.05, 0) is 23.8 Å². The Morgan fingerprint density at radius 1 is 1.00 bits per heavy atom. The molecule has 0 atom stereocenters. The minimum Gasteiger partial charge on any atom is -0.353 e. The molecule has 2 aromatic carbocycles. The Labute approximate surface area is 120 Å². The second-order valence-corrected chi connectivity index (χ2v) is 4.74. The van der Waals surface area contributed by atoms with Crippen molar-refractivity contribution in [3.05, 3.63) is 58.1 Å². The molecule has 0 spiro atoms. The number of carbonyl (C=O) groups excluding carboxylic acids is 1. The molecule has 97 valence electrons. The van der Waals surface area contributed by atoms with Crippen molar-refractivity contribution in [2.45, 2.75) is 6.42 Å². The Hall–Kier alpha value is -1.71. The lowest BCUT2D eigenvalue weighted by molar-refractivity contribution is -0.142. The Morgan fingerprint density at radius 3 is 2.26 bits per heavy atom. The van der Waals surface area contributed by atoms with Crippen LogP contribution in [0.1, 0.15) is 5.56 Å². The smallest absolute Gasteiger partial charge is 0.353 e. The summed E-state index contributed by atoms with van der Waals surface area (Å²) in [7, 11) is 0. The summed E-state index contributed by atoms with van der Waals surface area (Å²) < 4.78 is 0. The highest BCUT2D eigenvalue weighted by molar-refractivity contribution is 6.39. The highest BCUT2D eigenvalue weighted by Gasteiger charge is 2.11. The Morgan fingerprint density at radius 2 is 1.63 bits per heavy atom. The summed E-state index contributed by atoms with van der Waals surface area (Å²) in [4.78, 5) is 10.7. The summed E-state index contributed by atoms with van der Waals surface area (Å²) in [6.45, 7) is 0. The van der Waals surface area contributed by atoms with E-state index in [0.29, 0.717) is 27.0 Å². The fraction of sp³-hybridized carbons (Fsp3) is 0.0714. The van der Waals surface area contributed by atoms with Gasteiger partial charge in [0.15, 0.2) is 0 Å². The van der Waals surface area contributed by atoms with Gasteiger partial charge in [-0.3, -0.25) is 0 Å². The van der Waals surface area contributed by atoms with Gasteiger partial charge in [0.25, 0.3) is 0 Å². The van der Waals surface area contributed by atoms with Crippen LogP contribution in [-0.2, 0) is 16.3 Å². The van der Waals surface area contributed by atoms with Gasteiger partial charge in [0.05, 0.1) is 22.2 Å². The molecule has 3 nitrogen and oxygen atoms in total. The van der Waals surface area contributed by atoms with Crippen LogP contribution in [0.15, 0.2) is 42.5 Å². The van der Waals surface area contributed by atoms with E-state index in [-0.39, 0.29) is 6.42 Å². The lowest BCUT2D eigenvalue weighted by Gasteiger charge is -2.13. The minimum atomic E-state index is -1.14. The maximum Gasteiger partial charge on any atom is 0.360 e. The van der Waals surface area contributed by atoms with Gasteiger partial charge >= 0.3 is 5.97 Å². The van der Waals surface area contributed by atoms with Crippen LogP contribution in [0.25, 0.3) is 0 Å². The number of benzene rings is 2. The van der Waals surface area contributed by atoms with Gasteiger partial charge in [0, 0.05) is 5.69 Å². The van der Waals surface area contributed by atoms with Crippen molar-refractivity contribution in [2.75, 3.05) is 5.32 Å². The lowest BCUT2D eigenvalue weighted by atomic mass is 10.1. The highest BCUT2D eigenvalue weighted by Crippen LogP contribution is 2.33. The summed E-state index contributed by atoms with van der Waals surface area (Å²) in [6.07, 6.45) is -0.175. The van der Waals surface area contributed by atoms with E-state index in [1.165, 1.54) is 0 Å². The third-order valence-electron chi connectivity index (χ3n) is 2.57. The molecule has 0 saturated heterocycles. The van der Waals surface area contributed by atoms with Crippen LogP contribution in [0.2, 0.25) is 10.0 Å². The SMILES string of the molecule is [O]C(=O)Cc1ccccc1Nc1c(Cl)cccc1Cl. The first-order valence-electron chi connectivity index (χ1n) is 5.56. The number of rotatable bonds is 4. The van der Waals surface area contributed by atoms with Gasteiger partial charge in [0.1, 0.15) is 0 Å². The fourth-order valence-corrected chi connectivity index (χ4v) is 2.20. The molecule has 0 fully saturated rings. The van der Waals surface area contributed by atoms with E-state index in [1.54, 1.807) is 42.5 Å². The molecule has 0 aliphatic rings. The highest BCUT2D eigenvalue weighted by atomic mass is 35.5. The zero-order valence-electron chi connectivity index (χ0n) is 9.82. The number of para-hydroxylation sites is 2. The van der Waals surface area contributed by atoms with Crippen molar-refractivity contribution in [3.8, 4) is 0 Å². The summed E-state index contributed by atoms with van der Waals surface area (Å²) in [6, 6.07) is 12.2. The third kappa shape index (κ3) is 3.40. The van der Waals surface area contributed by atoms with Crippen LogP contribution in [0.3, 0.4) is 0 Å². The average molecular weight is 295 g/mol. The zero-order chi connectivity index (χ0) is 13.8. The fourth-order valence-electron chi connectivity index (χ4n) is 1.70. The molecule has 5 heteroatoms. The van der Waals surface area contributed by atoms with Gasteiger partial charge in [-0.1, -0.05) is 47.5 Å². The number of carbonyl (C=O) groups is 1. The van der Waals surface area contributed by atoms with Crippen LogP contribution < -0.4 is 5.32 Å². The van der Waals surface area contributed by atoms with Crippen LogP contribution in [0.4, 0.5) is 11.4 Å². The number of hydrogen-bond acceptors (Lipinski definition) is 2. The molecule has 0 saturated carbocycles. The zero-order valence-corrected chi connectivity index (χ0v) is 11.3. The predicted octanol–water partition coefficient (Wildman–Crippen LogP) is 4.24. The van der Waals surface area contributed by atoms with Gasteiger partial charge in [-0.25, -0.2) is 9.90 Å². The van der Waals surface area contributed by atoms with Crippen molar-refractivity contribution in [1.29, 1.82) is 0 Å². The Balaban J connectivity index is 2.36. The van der Waals surface area contributed by atoms with Crippen molar-refractivity contribution in [3.63, 3.8) is 0 Å². The van der Waals surface area contributed by atoms with Crippen molar-refractivity contribution in [2.24, 2.45) is 0 Å². The summed E-state index contributed by atoms with van der Waals surface area (Å²) in [5.41, 5.74) is 1.80. The summed E-state index contributed by atoms with van der Waals surface area (Å²) in [5, 5.41) is 14.7. The number of halogens is 2. The molecule has 2 rings (SSSR count). The second kappa shape index (κ2) is 5.95. The lowest BCUT2D eigenvalue weighted by Crippen LogP contribution is -2.03. The Kier molecular flexibility index (Phi) is 4.30. The molecule has 0 unspecified atom stereocenters. The minimum absolute atomic E-state index is 0.175. The number of nitrogens with one attached hydrogen (secondary N) is 1. The third-order valence-corrected chi connectivity index (χ3v) is 3.20. The molecule has 0 bridgehead atoms. The molecule has 1 radical (unpaired) electrons. The molecular formula is C14H10Cl2NO2. The standard InChI is InChI=1S/C14H10Cl2NO2/c15-10-5-3-6-11(16)14(10)17-12-7-2-1-4-9(12)8-13(18)19/h1-7,17H,8H2. The molecule has 0 aliphatic carbocycles. The number of anilines is 2. The van der Waals surface area contributed by atoms with Crippen molar-refractivity contribution < 1.29 is 9.90 Å². The predicted molar refractivity (Wildman–Crippen MR) is 75.6 cm³/mol. The molecule has 0 amide bonds. The van der Waals surface area contributed by atoms with E-state index in [1.807, 2.05) is 0 Å². The van der Waals surface area contributed by atoms with E-state index in [2.05, 4.69) is 5.32 Å². The maximum atomic E-state index is 10.7. The molecule has 1 N–H and O–H groups in total. The molecular weight excluding hydrogens is 285 g/mol. The van der Waals surface area contributed by atoms with E-state index >= 15 is 0 Å². The van der Waals surface area contributed by atoms with E-state index in [4.69, 9.17) is 23.2 Å². The largest absolute Gasteiger partial charge is 0.360 e. The van der Waals surface area contributed by atoms with Crippen LogP contribution in [-0.4, -0.2) is 5.97 Å². The van der Waals surface area contributed by atoms with Gasteiger partial charge < -0.3 is 5.32 Å². The van der Waals surface area contributed by atoms with Gasteiger partial charge in [-0.15, -0.1) is 0 Å². The van der Waals surface area contributed by atoms with Crippen LogP contribution >= 0.6 is 23.2 Å². The molecule has 0 aromatic heterocycles. The first kappa shape index (κ1) is 13.7. The van der Waals surface area contributed by atoms with Gasteiger partial charge in [-0.2, -0.15) is 0 Å². The van der Waals surface area contributed by atoms with Crippen LogP contribution in [0.5, 0.6) is 0 Å². The van der Waals surface area contributed by atoms with E-state index in [9.17, 15) is 9.90 Å². The van der Waals surface area contributed by atoms with E-state index in [0.717, 1.165) is 0 Å². The quantitative estimate of drug-likeness (QED) is 0.917. The molecule has 0 aliphatic heterocycles. The van der Waals surface area contributed by atoms with Gasteiger partial charge in [0.2, 0.25) is 0 Å². The normalized spacial score (nSPS) is 10.2. The molecule has 2 aromatic rings. The first-order valence-corrected chi connectivity index (χ1v) is 6.32. The summed E-state index contributed by atoms with van der Waals surface area (Å²) >= 11 is 12.1. The second-order valence-electron chi connectivity index (χ2n) is 3.93.